The minimum absolute atomic E-state index is 0.0432. The minimum atomic E-state index is -0.0432. The number of aromatic nitrogens is 1. The zero-order valence-corrected chi connectivity index (χ0v) is 15.3. The maximum atomic E-state index is 12.9. The van der Waals surface area contributed by atoms with E-state index in [1.54, 1.807) is 0 Å². The predicted octanol–water partition coefficient (Wildman–Crippen LogP) is 4.20. The van der Waals surface area contributed by atoms with Crippen molar-refractivity contribution in [1.82, 2.24) is 10.1 Å². The van der Waals surface area contributed by atoms with Crippen molar-refractivity contribution in [2.45, 2.75) is 53.1 Å². The molecule has 0 spiro atoms. The van der Waals surface area contributed by atoms with E-state index in [9.17, 15) is 4.79 Å². The summed E-state index contributed by atoms with van der Waals surface area (Å²) in [5.74, 6) is 1.43. The molecule has 0 saturated carbocycles. The molecular weight excluding hydrogens is 316 g/mol. The van der Waals surface area contributed by atoms with Gasteiger partial charge in [0.05, 0.1) is 5.56 Å². The third kappa shape index (κ3) is 3.86. The Labute approximate surface area is 148 Å². The Bertz CT molecular complexity index is 743. The summed E-state index contributed by atoms with van der Waals surface area (Å²) in [7, 11) is 0. The van der Waals surface area contributed by atoms with Crippen LogP contribution in [0.4, 0.5) is 0 Å². The van der Waals surface area contributed by atoms with E-state index in [2.05, 4.69) is 18.1 Å². The number of ether oxygens (including phenoxy) is 1. The van der Waals surface area contributed by atoms with Gasteiger partial charge in [-0.2, -0.15) is 0 Å². The van der Waals surface area contributed by atoms with E-state index >= 15 is 0 Å². The summed E-state index contributed by atoms with van der Waals surface area (Å²) in [5, 5.41) is 4.03. The second kappa shape index (κ2) is 7.72. The van der Waals surface area contributed by atoms with Gasteiger partial charge in [-0.05, 0) is 50.8 Å². The number of nitrogens with zero attached hydrogens (tertiary/aromatic N) is 2. The Kier molecular flexibility index (Phi) is 5.41. The SMILES string of the molecule is Cc1cccc(OCc2c(C(=O)N3CCCCCC3)noc2C)c1C. The van der Waals surface area contributed by atoms with Gasteiger partial charge in [-0.1, -0.05) is 30.1 Å². The molecule has 1 amide bonds. The van der Waals surface area contributed by atoms with Crippen molar-refractivity contribution in [1.29, 1.82) is 0 Å². The van der Waals surface area contributed by atoms with Crippen LogP contribution in [-0.2, 0) is 6.61 Å². The normalized spacial score (nSPS) is 15.1. The van der Waals surface area contributed by atoms with Gasteiger partial charge < -0.3 is 14.2 Å². The number of aryl methyl sites for hydroxylation is 2. The lowest BCUT2D eigenvalue weighted by Crippen LogP contribution is -2.32. The summed E-state index contributed by atoms with van der Waals surface area (Å²) in [6, 6.07) is 5.98. The molecule has 0 radical (unpaired) electrons. The van der Waals surface area contributed by atoms with Crippen molar-refractivity contribution in [3.05, 3.63) is 46.3 Å². The van der Waals surface area contributed by atoms with E-state index in [4.69, 9.17) is 9.26 Å². The minimum Gasteiger partial charge on any atom is -0.488 e. The third-order valence-electron chi connectivity index (χ3n) is 5.01. The number of hydrogen-bond donors (Lipinski definition) is 0. The number of hydrogen-bond acceptors (Lipinski definition) is 4. The molecule has 3 rings (SSSR count). The molecule has 1 aromatic carbocycles. The van der Waals surface area contributed by atoms with Crippen LogP contribution in [0.15, 0.2) is 22.7 Å². The van der Waals surface area contributed by atoms with Crippen LogP contribution in [0.1, 0.15) is 58.6 Å². The first-order chi connectivity index (χ1) is 12.1. The zero-order chi connectivity index (χ0) is 17.8. The molecule has 1 aliphatic rings. The summed E-state index contributed by atoms with van der Waals surface area (Å²) in [4.78, 5) is 14.8. The van der Waals surface area contributed by atoms with E-state index in [1.807, 2.05) is 30.9 Å². The maximum absolute atomic E-state index is 12.9. The van der Waals surface area contributed by atoms with Gasteiger partial charge in [0.1, 0.15) is 18.1 Å². The monoisotopic (exact) mass is 342 g/mol. The second-order valence-electron chi connectivity index (χ2n) is 6.76. The van der Waals surface area contributed by atoms with Crippen molar-refractivity contribution in [3.8, 4) is 5.75 Å². The van der Waals surface area contributed by atoms with E-state index in [1.165, 1.54) is 18.4 Å². The molecule has 0 aliphatic carbocycles. The Morgan fingerprint density at radius 1 is 1.16 bits per heavy atom. The highest BCUT2D eigenvalue weighted by atomic mass is 16.5. The first kappa shape index (κ1) is 17.5. The third-order valence-corrected chi connectivity index (χ3v) is 5.01. The van der Waals surface area contributed by atoms with Crippen LogP contribution in [0, 0.1) is 20.8 Å². The first-order valence-corrected chi connectivity index (χ1v) is 9.01. The molecule has 1 aliphatic heterocycles. The van der Waals surface area contributed by atoms with Crippen molar-refractivity contribution in [3.63, 3.8) is 0 Å². The van der Waals surface area contributed by atoms with Crippen molar-refractivity contribution in [2.75, 3.05) is 13.1 Å². The van der Waals surface area contributed by atoms with Crippen molar-refractivity contribution < 1.29 is 14.1 Å². The highest BCUT2D eigenvalue weighted by Crippen LogP contribution is 2.24. The molecular formula is C20H26N2O3. The number of carbonyl (C=O) groups excluding carboxylic acids is 1. The highest BCUT2D eigenvalue weighted by Gasteiger charge is 2.25. The Morgan fingerprint density at radius 2 is 1.88 bits per heavy atom. The van der Waals surface area contributed by atoms with Gasteiger partial charge in [0.25, 0.3) is 5.91 Å². The molecule has 0 atom stereocenters. The highest BCUT2D eigenvalue weighted by molar-refractivity contribution is 5.93. The zero-order valence-electron chi connectivity index (χ0n) is 15.3. The van der Waals surface area contributed by atoms with E-state index < -0.39 is 0 Å². The molecule has 5 heteroatoms. The molecule has 1 aromatic heterocycles. The van der Waals surface area contributed by atoms with Gasteiger partial charge in [0, 0.05) is 13.1 Å². The summed E-state index contributed by atoms with van der Waals surface area (Å²) in [5.41, 5.74) is 3.43. The van der Waals surface area contributed by atoms with Gasteiger partial charge >= 0.3 is 0 Å². The second-order valence-corrected chi connectivity index (χ2v) is 6.76. The van der Waals surface area contributed by atoms with Crippen LogP contribution in [0.5, 0.6) is 5.75 Å². The largest absolute Gasteiger partial charge is 0.488 e. The average molecular weight is 342 g/mol. The standard InChI is InChI=1S/C20H26N2O3/c1-14-9-8-10-18(15(14)2)24-13-17-16(3)25-21-19(17)20(23)22-11-6-4-5-7-12-22/h8-10H,4-7,11-13H2,1-3H3. The molecule has 1 saturated heterocycles. The van der Waals surface area contributed by atoms with Gasteiger partial charge in [-0.3, -0.25) is 4.79 Å². The van der Waals surface area contributed by atoms with Gasteiger partial charge in [0.15, 0.2) is 5.69 Å². The van der Waals surface area contributed by atoms with Crippen molar-refractivity contribution in [2.24, 2.45) is 0 Å². The smallest absolute Gasteiger partial charge is 0.276 e. The fraction of sp³-hybridized carbons (Fsp3) is 0.500. The number of benzene rings is 1. The molecule has 0 bridgehead atoms. The fourth-order valence-corrected chi connectivity index (χ4v) is 3.18. The molecule has 2 aromatic rings. The Morgan fingerprint density at radius 3 is 2.60 bits per heavy atom. The predicted molar refractivity (Wildman–Crippen MR) is 95.9 cm³/mol. The number of amides is 1. The first-order valence-electron chi connectivity index (χ1n) is 9.01. The van der Waals surface area contributed by atoms with Crippen LogP contribution < -0.4 is 4.74 Å². The van der Waals surface area contributed by atoms with E-state index in [0.717, 1.165) is 42.8 Å². The molecule has 0 unspecified atom stereocenters. The summed E-state index contributed by atoms with van der Waals surface area (Å²) in [6.07, 6.45) is 4.47. The lowest BCUT2D eigenvalue weighted by atomic mass is 10.1. The maximum Gasteiger partial charge on any atom is 0.276 e. The van der Waals surface area contributed by atoms with Crippen LogP contribution >= 0.6 is 0 Å². The van der Waals surface area contributed by atoms with Crippen LogP contribution in [-0.4, -0.2) is 29.1 Å². The fourth-order valence-electron chi connectivity index (χ4n) is 3.18. The van der Waals surface area contributed by atoms with E-state index in [-0.39, 0.29) is 12.5 Å². The van der Waals surface area contributed by atoms with Crippen molar-refractivity contribution >= 4 is 5.91 Å². The summed E-state index contributed by atoms with van der Waals surface area (Å²) < 4.78 is 11.3. The average Bonchev–Trinajstić information content (AvgIpc) is 2.81. The molecule has 0 N–H and O–H groups in total. The number of rotatable bonds is 4. The van der Waals surface area contributed by atoms with Crippen LogP contribution in [0.2, 0.25) is 0 Å². The summed E-state index contributed by atoms with van der Waals surface area (Å²) >= 11 is 0. The summed E-state index contributed by atoms with van der Waals surface area (Å²) in [6.45, 7) is 7.79. The number of carbonyl (C=O) groups is 1. The number of likely N-dealkylation sites (tertiary alicyclic amines) is 1. The molecule has 2 heterocycles. The lowest BCUT2D eigenvalue weighted by Gasteiger charge is -2.19. The lowest BCUT2D eigenvalue weighted by molar-refractivity contribution is 0.0749. The molecule has 134 valence electrons. The van der Waals surface area contributed by atoms with Gasteiger partial charge in [0.2, 0.25) is 0 Å². The molecule has 5 nitrogen and oxygen atoms in total. The Balaban J connectivity index is 1.77. The van der Waals surface area contributed by atoms with E-state index in [0.29, 0.717) is 11.5 Å². The quantitative estimate of drug-likeness (QED) is 0.836. The Hall–Kier alpha value is -2.30. The molecule has 25 heavy (non-hydrogen) atoms. The van der Waals surface area contributed by atoms with Gasteiger partial charge in [-0.25, -0.2) is 0 Å². The topological polar surface area (TPSA) is 55.6 Å². The van der Waals surface area contributed by atoms with Crippen LogP contribution in [0.25, 0.3) is 0 Å². The molecule has 1 fully saturated rings. The van der Waals surface area contributed by atoms with Crippen LogP contribution in [0.3, 0.4) is 0 Å². The van der Waals surface area contributed by atoms with Gasteiger partial charge in [-0.15, -0.1) is 0 Å².